The number of benzene rings is 1. The number of hydrogen-bond acceptors (Lipinski definition) is 3. The fourth-order valence-corrected chi connectivity index (χ4v) is 2.41. The summed E-state index contributed by atoms with van der Waals surface area (Å²) in [7, 11) is 0. The van der Waals surface area contributed by atoms with Gasteiger partial charge in [0.1, 0.15) is 23.2 Å². The van der Waals surface area contributed by atoms with Gasteiger partial charge in [-0.25, -0.2) is 9.18 Å². The van der Waals surface area contributed by atoms with E-state index in [1.807, 2.05) is 0 Å². The molecule has 0 spiro atoms. The first-order valence-electron chi connectivity index (χ1n) is 7.37. The zero-order chi connectivity index (χ0) is 17.2. The summed E-state index contributed by atoms with van der Waals surface area (Å²) in [5.74, 6) is -0.348. The van der Waals surface area contributed by atoms with Gasteiger partial charge in [-0.3, -0.25) is 0 Å². The van der Waals surface area contributed by atoms with Crippen molar-refractivity contribution in [3.05, 3.63) is 35.3 Å². The van der Waals surface area contributed by atoms with Crippen LogP contribution in [0.15, 0.2) is 18.2 Å². The summed E-state index contributed by atoms with van der Waals surface area (Å²) in [4.78, 5) is 11.6. The Morgan fingerprint density at radius 3 is 2.70 bits per heavy atom. The summed E-state index contributed by atoms with van der Waals surface area (Å²) >= 11 is 0. The van der Waals surface area contributed by atoms with Crippen molar-refractivity contribution in [3.63, 3.8) is 0 Å². The lowest BCUT2D eigenvalue weighted by molar-refractivity contribution is 0.0526. The number of nitrogens with zero attached hydrogens (tertiary/aromatic N) is 2. The standard InChI is InChI=1S/C17H20FN3O2/c1-11-7-12(18)8-15-14(11)9-13(10-19)21(15)6-5-20-16(22)23-17(2,3)4/h7-9H,5-6H2,1-4H3,(H,20,22). The third-order valence-corrected chi connectivity index (χ3v) is 3.31. The molecule has 0 saturated carbocycles. The highest BCUT2D eigenvalue weighted by atomic mass is 19.1. The van der Waals surface area contributed by atoms with Crippen LogP contribution in [-0.2, 0) is 11.3 Å². The highest BCUT2D eigenvalue weighted by molar-refractivity contribution is 5.85. The van der Waals surface area contributed by atoms with Crippen molar-refractivity contribution >= 4 is 17.0 Å². The van der Waals surface area contributed by atoms with Crippen LogP contribution in [0.5, 0.6) is 0 Å². The Kier molecular flexibility index (Phi) is 4.60. The third-order valence-electron chi connectivity index (χ3n) is 3.31. The number of carbonyl (C=O) groups is 1. The molecule has 5 nitrogen and oxygen atoms in total. The van der Waals surface area contributed by atoms with Crippen LogP contribution < -0.4 is 5.32 Å². The lowest BCUT2D eigenvalue weighted by Crippen LogP contribution is -2.34. The molecule has 0 aliphatic rings. The molecule has 0 atom stereocenters. The van der Waals surface area contributed by atoms with Gasteiger partial charge in [-0.1, -0.05) is 0 Å². The normalized spacial score (nSPS) is 11.3. The van der Waals surface area contributed by atoms with E-state index in [1.165, 1.54) is 12.1 Å². The Morgan fingerprint density at radius 2 is 2.09 bits per heavy atom. The smallest absolute Gasteiger partial charge is 0.407 e. The molecule has 6 heteroatoms. The first-order chi connectivity index (χ1) is 10.7. The second-order valence-corrected chi connectivity index (χ2v) is 6.38. The second-order valence-electron chi connectivity index (χ2n) is 6.38. The Labute approximate surface area is 134 Å². The average Bonchev–Trinajstić information content (AvgIpc) is 2.75. The number of alkyl carbamates (subject to hydrolysis) is 1. The van der Waals surface area contributed by atoms with Crippen molar-refractivity contribution in [2.75, 3.05) is 6.54 Å². The minimum Gasteiger partial charge on any atom is -0.444 e. The number of amides is 1. The topological polar surface area (TPSA) is 67.0 Å². The zero-order valence-electron chi connectivity index (χ0n) is 13.7. The summed E-state index contributed by atoms with van der Waals surface area (Å²) in [6.07, 6.45) is -0.519. The van der Waals surface area contributed by atoms with E-state index in [9.17, 15) is 14.4 Å². The van der Waals surface area contributed by atoms with Crippen molar-refractivity contribution in [1.29, 1.82) is 5.26 Å². The van der Waals surface area contributed by atoms with Gasteiger partial charge in [0.05, 0.1) is 5.52 Å². The molecule has 2 rings (SSSR count). The lowest BCUT2D eigenvalue weighted by atomic mass is 10.1. The van der Waals surface area contributed by atoms with Crippen LogP contribution in [0.4, 0.5) is 9.18 Å². The first-order valence-corrected chi connectivity index (χ1v) is 7.37. The SMILES string of the molecule is Cc1cc(F)cc2c1cc(C#N)n2CCNC(=O)OC(C)(C)C. The summed E-state index contributed by atoms with van der Waals surface area (Å²) < 4.78 is 20.5. The van der Waals surface area contributed by atoms with Gasteiger partial charge >= 0.3 is 6.09 Å². The van der Waals surface area contributed by atoms with E-state index >= 15 is 0 Å². The molecule has 1 amide bonds. The summed E-state index contributed by atoms with van der Waals surface area (Å²) in [5.41, 5.74) is 1.28. The summed E-state index contributed by atoms with van der Waals surface area (Å²) in [6, 6.07) is 6.68. The maximum absolute atomic E-state index is 13.6. The molecule has 0 fully saturated rings. The van der Waals surface area contributed by atoms with Gasteiger partial charge in [-0.15, -0.1) is 0 Å². The number of fused-ring (bicyclic) bond motifs is 1. The van der Waals surface area contributed by atoms with E-state index in [0.29, 0.717) is 17.8 Å². The van der Waals surface area contributed by atoms with E-state index in [0.717, 1.165) is 10.9 Å². The molecule has 1 aromatic heterocycles. The van der Waals surface area contributed by atoms with E-state index in [4.69, 9.17) is 4.74 Å². The van der Waals surface area contributed by atoms with Gasteiger partial charge in [0.15, 0.2) is 0 Å². The molecule has 0 aliphatic heterocycles. The van der Waals surface area contributed by atoms with Gasteiger partial charge in [-0.2, -0.15) is 5.26 Å². The van der Waals surface area contributed by atoms with E-state index < -0.39 is 11.7 Å². The molecule has 1 heterocycles. The quantitative estimate of drug-likeness (QED) is 0.942. The highest BCUT2D eigenvalue weighted by Gasteiger charge is 2.16. The summed E-state index contributed by atoms with van der Waals surface area (Å²) in [6.45, 7) is 7.79. The predicted octanol–water partition coefficient (Wildman–Crippen LogP) is 3.49. The Morgan fingerprint density at radius 1 is 1.39 bits per heavy atom. The molecule has 0 radical (unpaired) electrons. The third kappa shape index (κ3) is 4.01. The van der Waals surface area contributed by atoms with E-state index in [1.54, 1.807) is 38.3 Å². The van der Waals surface area contributed by atoms with E-state index in [-0.39, 0.29) is 12.4 Å². The number of hydrogen-bond donors (Lipinski definition) is 1. The average molecular weight is 317 g/mol. The lowest BCUT2D eigenvalue weighted by Gasteiger charge is -2.19. The molecule has 122 valence electrons. The van der Waals surface area contributed by atoms with Crippen molar-refractivity contribution in [3.8, 4) is 6.07 Å². The number of ether oxygens (including phenoxy) is 1. The predicted molar refractivity (Wildman–Crippen MR) is 85.6 cm³/mol. The molecule has 0 aliphatic carbocycles. The molecule has 0 bridgehead atoms. The number of aryl methyl sites for hydroxylation is 1. The first kappa shape index (κ1) is 16.8. The van der Waals surface area contributed by atoms with Gasteiger partial charge in [-0.05, 0) is 51.5 Å². The molecule has 0 saturated heterocycles. The summed E-state index contributed by atoms with van der Waals surface area (Å²) in [5, 5.41) is 12.7. The molecule has 1 aromatic carbocycles. The number of halogens is 1. The minimum atomic E-state index is -0.567. The Hall–Kier alpha value is -2.55. The highest BCUT2D eigenvalue weighted by Crippen LogP contribution is 2.24. The zero-order valence-corrected chi connectivity index (χ0v) is 13.7. The largest absolute Gasteiger partial charge is 0.444 e. The number of carbonyl (C=O) groups excluding carboxylic acids is 1. The number of nitriles is 1. The van der Waals surface area contributed by atoms with Crippen molar-refractivity contribution in [1.82, 2.24) is 9.88 Å². The van der Waals surface area contributed by atoms with Crippen LogP contribution in [0.2, 0.25) is 0 Å². The fraction of sp³-hybridized carbons (Fsp3) is 0.412. The van der Waals surface area contributed by atoms with Crippen molar-refractivity contribution in [2.24, 2.45) is 0 Å². The van der Waals surface area contributed by atoms with Gasteiger partial charge in [0, 0.05) is 18.5 Å². The molecule has 2 aromatic rings. The maximum Gasteiger partial charge on any atom is 0.407 e. The van der Waals surface area contributed by atoms with Crippen LogP contribution in [0, 0.1) is 24.1 Å². The monoisotopic (exact) mass is 317 g/mol. The molecule has 23 heavy (non-hydrogen) atoms. The molecular weight excluding hydrogens is 297 g/mol. The molecule has 0 unspecified atom stereocenters. The maximum atomic E-state index is 13.6. The van der Waals surface area contributed by atoms with Crippen LogP contribution in [-0.4, -0.2) is 22.8 Å². The van der Waals surface area contributed by atoms with E-state index in [2.05, 4.69) is 11.4 Å². The number of nitrogens with one attached hydrogen (secondary N) is 1. The Balaban J connectivity index is 2.17. The van der Waals surface area contributed by atoms with Crippen molar-refractivity contribution < 1.29 is 13.9 Å². The van der Waals surface area contributed by atoms with Crippen molar-refractivity contribution in [2.45, 2.75) is 39.8 Å². The van der Waals surface area contributed by atoms with Crippen LogP contribution in [0.1, 0.15) is 32.0 Å². The molecular formula is C17H20FN3O2. The second kappa shape index (κ2) is 6.29. The van der Waals surface area contributed by atoms with Crippen LogP contribution in [0.25, 0.3) is 10.9 Å². The number of aromatic nitrogens is 1. The van der Waals surface area contributed by atoms with Gasteiger partial charge in [0.25, 0.3) is 0 Å². The molecule has 1 N–H and O–H groups in total. The minimum absolute atomic E-state index is 0.281. The van der Waals surface area contributed by atoms with Crippen LogP contribution >= 0.6 is 0 Å². The fourth-order valence-electron chi connectivity index (χ4n) is 2.41. The van der Waals surface area contributed by atoms with Crippen LogP contribution in [0.3, 0.4) is 0 Å². The van der Waals surface area contributed by atoms with Gasteiger partial charge in [0.2, 0.25) is 0 Å². The Bertz CT molecular complexity index is 782. The number of rotatable bonds is 3. The van der Waals surface area contributed by atoms with Gasteiger partial charge < -0.3 is 14.6 Å².